The van der Waals surface area contributed by atoms with Crippen molar-refractivity contribution in [1.29, 1.82) is 0 Å². The number of sulfonamides is 1. The largest absolute Gasteiger partial charge is 0.489 e. The maximum absolute atomic E-state index is 13.0. The lowest BCUT2D eigenvalue weighted by Gasteiger charge is -2.30. The van der Waals surface area contributed by atoms with Crippen LogP contribution in [0.4, 0.5) is 4.39 Å². The average Bonchev–Trinajstić information content (AvgIpc) is 2.89. The number of nitrogens with one attached hydrogen (secondary N) is 1. The fourth-order valence-electron chi connectivity index (χ4n) is 4.24. The molecule has 1 aliphatic rings. The quantitative estimate of drug-likeness (QED) is 0.458. The Bertz CT molecular complexity index is 1270. The minimum Gasteiger partial charge on any atom is -0.489 e. The van der Waals surface area contributed by atoms with Gasteiger partial charge < -0.3 is 10.1 Å². The molecule has 3 aromatic rings. The Morgan fingerprint density at radius 1 is 0.972 bits per heavy atom. The standard InChI is InChI=1S/C28H31FN2O4S/c1-21-4-2-3-5-25(21)20-36(33,34)31-16-14-24(15-17-31)28(32)30-18-22-8-12-27(13-9-22)35-19-23-6-10-26(29)11-7-23/h2-13,24H,14-20H2,1H3,(H,30,32). The summed E-state index contributed by atoms with van der Waals surface area (Å²) in [5, 5.41) is 2.97. The number of rotatable bonds is 9. The van der Waals surface area contributed by atoms with E-state index in [0.717, 1.165) is 22.3 Å². The number of ether oxygens (including phenoxy) is 1. The molecule has 190 valence electrons. The van der Waals surface area contributed by atoms with Crippen molar-refractivity contribution in [3.05, 3.63) is 101 Å². The number of piperidine rings is 1. The monoisotopic (exact) mass is 510 g/mol. The summed E-state index contributed by atoms with van der Waals surface area (Å²) in [7, 11) is -3.42. The summed E-state index contributed by atoms with van der Waals surface area (Å²) in [5.41, 5.74) is 3.59. The van der Waals surface area contributed by atoms with Crippen LogP contribution in [-0.2, 0) is 33.7 Å². The van der Waals surface area contributed by atoms with Gasteiger partial charge in [-0.1, -0.05) is 48.5 Å². The summed E-state index contributed by atoms with van der Waals surface area (Å²) in [6.45, 7) is 3.35. The molecule has 0 spiro atoms. The summed E-state index contributed by atoms with van der Waals surface area (Å²) in [5.74, 6) is 0.142. The summed E-state index contributed by atoms with van der Waals surface area (Å²) in [6.07, 6.45) is 1.02. The van der Waals surface area contributed by atoms with Crippen LogP contribution < -0.4 is 10.1 Å². The number of benzene rings is 3. The summed E-state index contributed by atoms with van der Waals surface area (Å²) in [4.78, 5) is 12.7. The zero-order chi connectivity index (χ0) is 25.5. The predicted molar refractivity (Wildman–Crippen MR) is 137 cm³/mol. The molecule has 6 nitrogen and oxygen atoms in total. The predicted octanol–water partition coefficient (Wildman–Crippen LogP) is 4.57. The van der Waals surface area contributed by atoms with Crippen molar-refractivity contribution >= 4 is 15.9 Å². The first-order valence-electron chi connectivity index (χ1n) is 12.1. The van der Waals surface area contributed by atoms with E-state index in [2.05, 4.69) is 5.32 Å². The first-order valence-corrected chi connectivity index (χ1v) is 13.7. The van der Waals surface area contributed by atoms with Crippen LogP contribution in [0.15, 0.2) is 72.8 Å². The van der Waals surface area contributed by atoms with E-state index in [-0.39, 0.29) is 23.4 Å². The Morgan fingerprint density at radius 2 is 1.61 bits per heavy atom. The van der Waals surface area contributed by atoms with Gasteiger partial charge in [0.15, 0.2) is 0 Å². The molecule has 0 saturated carbocycles. The van der Waals surface area contributed by atoms with Gasteiger partial charge in [0.1, 0.15) is 18.2 Å². The highest BCUT2D eigenvalue weighted by atomic mass is 32.2. The van der Waals surface area contributed by atoms with E-state index in [1.165, 1.54) is 16.4 Å². The molecular weight excluding hydrogens is 479 g/mol. The highest BCUT2D eigenvalue weighted by Crippen LogP contribution is 2.23. The van der Waals surface area contributed by atoms with Gasteiger partial charge in [0.2, 0.25) is 15.9 Å². The van der Waals surface area contributed by atoms with E-state index in [1.54, 1.807) is 12.1 Å². The molecule has 3 aromatic carbocycles. The zero-order valence-electron chi connectivity index (χ0n) is 20.3. The summed E-state index contributed by atoms with van der Waals surface area (Å²) in [6, 6.07) is 21.1. The van der Waals surface area contributed by atoms with Gasteiger partial charge in [-0.25, -0.2) is 17.1 Å². The minimum atomic E-state index is -3.42. The van der Waals surface area contributed by atoms with E-state index in [9.17, 15) is 17.6 Å². The van der Waals surface area contributed by atoms with Gasteiger partial charge >= 0.3 is 0 Å². The zero-order valence-corrected chi connectivity index (χ0v) is 21.1. The second-order valence-corrected chi connectivity index (χ2v) is 11.1. The van der Waals surface area contributed by atoms with Crippen molar-refractivity contribution in [3.8, 4) is 5.75 Å². The molecule has 1 fully saturated rings. The van der Waals surface area contributed by atoms with E-state index < -0.39 is 10.0 Å². The molecule has 0 radical (unpaired) electrons. The van der Waals surface area contributed by atoms with Gasteiger partial charge in [-0.05, 0) is 66.3 Å². The molecule has 4 rings (SSSR count). The SMILES string of the molecule is Cc1ccccc1CS(=O)(=O)N1CCC(C(=O)NCc2ccc(OCc3ccc(F)cc3)cc2)CC1. The second-order valence-electron chi connectivity index (χ2n) is 9.13. The molecule has 0 aromatic heterocycles. The first kappa shape index (κ1) is 25.9. The van der Waals surface area contributed by atoms with Gasteiger partial charge in [-0.15, -0.1) is 0 Å². The van der Waals surface area contributed by atoms with Gasteiger partial charge in [0.05, 0.1) is 5.75 Å². The molecule has 1 aliphatic heterocycles. The molecule has 36 heavy (non-hydrogen) atoms. The lowest BCUT2D eigenvalue weighted by molar-refractivity contribution is -0.126. The molecule has 0 aliphatic carbocycles. The van der Waals surface area contributed by atoms with Crippen LogP contribution in [-0.4, -0.2) is 31.7 Å². The fourth-order valence-corrected chi connectivity index (χ4v) is 5.91. The number of amides is 1. The number of hydrogen-bond donors (Lipinski definition) is 1. The van der Waals surface area contributed by atoms with Crippen LogP contribution in [0.25, 0.3) is 0 Å². The molecule has 1 saturated heterocycles. The van der Waals surface area contributed by atoms with Gasteiger partial charge in [0, 0.05) is 25.6 Å². The Balaban J connectivity index is 1.21. The van der Waals surface area contributed by atoms with Crippen molar-refractivity contribution in [2.75, 3.05) is 13.1 Å². The molecule has 8 heteroatoms. The summed E-state index contributed by atoms with van der Waals surface area (Å²) < 4.78 is 46.0. The smallest absolute Gasteiger partial charge is 0.223 e. The number of aryl methyl sites for hydroxylation is 1. The highest BCUT2D eigenvalue weighted by Gasteiger charge is 2.31. The van der Waals surface area contributed by atoms with E-state index in [4.69, 9.17) is 4.74 Å². The third-order valence-electron chi connectivity index (χ3n) is 6.53. The molecular formula is C28H31FN2O4S. The van der Waals surface area contributed by atoms with Crippen molar-refractivity contribution in [1.82, 2.24) is 9.62 Å². The topological polar surface area (TPSA) is 75.7 Å². The van der Waals surface area contributed by atoms with E-state index in [0.29, 0.717) is 44.8 Å². The Labute approximate surface area is 212 Å². The number of carbonyl (C=O) groups is 1. The van der Waals surface area contributed by atoms with Crippen LogP contribution in [0.2, 0.25) is 0 Å². The fraction of sp³-hybridized carbons (Fsp3) is 0.321. The Hall–Kier alpha value is -3.23. The van der Waals surface area contributed by atoms with Crippen LogP contribution in [0.3, 0.4) is 0 Å². The average molecular weight is 511 g/mol. The lowest BCUT2D eigenvalue weighted by Crippen LogP contribution is -2.43. The van der Waals surface area contributed by atoms with Crippen LogP contribution in [0, 0.1) is 18.7 Å². The van der Waals surface area contributed by atoms with E-state index in [1.807, 2.05) is 55.5 Å². The summed E-state index contributed by atoms with van der Waals surface area (Å²) >= 11 is 0. The lowest BCUT2D eigenvalue weighted by atomic mass is 9.97. The van der Waals surface area contributed by atoms with E-state index >= 15 is 0 Å². The third kappa shape index (κ3) is 6.92. The molecule has 1 heterocycles. The Morgan fingerprint density at radius 3 is 2.28 bits per heavy atom. The van der Waals surface area contributed by atoms with Crippen LogP contribution >= 0.6 is 0 Å². The maximum Gasteiger partial charge on any atom is 0.223 e. The molecule has 1 amide bonds. The second kappa shape index (κ2) is 11.7. The minimum absolute atomic E-state index is 0.0137. The number of carbonyl (C=O) groups excluding carboxylic acids is 1. The van der Waals surface area contributed by atoms with Gasteiger partial charge in [-0.3, -0.25) is 4.79 Å². The van der Waals surface area contributed by atoms with Crippen LogP contribution in [0.1, 0.15) is 35.1 Å². The van der Waals surface area contributed by atoms with Crippen molar-refractivity contribution < 1.29 is 22.3 Å². The van der Waals surface area contributed by atoms with Crippen molar-refractivity contribution in [3.63, 3.8) is 0 Å². The third-order valence-corrected chi connectivity index (χ3v) is 8.35. The van der Waals surface area contributed by atoms with Gasteiger partial charge in [-0.2, -0.15) is 0 Å². The number of hydrogen-bond acceptors (Lipinski definition) is 4. The van der Waals surface area contributed by atoms with Gasteiger partial charge in [0.25, 0.3) is 0 Å². The Kier molecular flexibility index (Phi) is 8.38. The maximum atomic E-state index is 13.0. The van der Waals surface area contributed by atoms with Crippen molar-refractivity contribution in [2.45, 2.75) is 38.7 Å². The number of nitrogens with zero attached hydrogens (tertiary/aromatic N) is 1. The van der Waals surface area contributed by atoms with Crippen LogP contribution in [0.5, 0.6) is 5.75 Å². The first-order chi connectivity index (χ1) is 17.3. The highest BCUT2D eigenvalue weighted by molar-refractivity contribution is 7.88. The van der Waals surface area contributed by atoms with Crippen molar-refractivity contribution in [2.24, 2.45) is 5.92 Å². The molecule has 0 atom stereocenters. The number of halogens is 1. The molecule has 1 N–H and O–H groups in total. The molecule has 0 bridgehead atoms. The molecule has 0 unspecified atom stereocenters. The normalized spacial score (nSPS) is 14.9.